The van der Waals surface area contributed by atoms with E-state index in [1.165, 1.54) is 32.5 Å². The van der Waals surface area contributed by atoms with E-state index >= 15 is 0 Å². The van der Waals surface area contributed by atoms with Crippen molar-refractivity contribution in [1.82, 2.24) is 4.90 Å². The second-order valence-corrected chi connectivity index (χ2v) is 3.40. The molecule has 1 saturated heterocycles. The molecule has 0 bridgehead atoms. The van der Waals surface area contributed by atoms with Crippen LogP contribution in [-0.4, -0.2) is 24.5 Å². The molecule has 0 radical (unpaired) electrons. The average Bonchev–Trinajstić information content (AvgIpc) is 2.15. The fourth-order valence-corrected chi connectivity index (χ4v) is 1.48. The summed E-state index contributed by atoms with van der Waals surface area (Å²) < 4.78 is 0. The minimum Gasteiger partial charge on any atom is -0.303 e. The molecule has 0 aromatic heterocycles. The Morgan fingerprint density at radius 1 is 1.22 bits per heavy atom. The van der Waals surface area contributed by atoms with Crippen LogP contribution in [0.1, 0.15) is 26.7 Å². The first kappa shape index (κ1) is 7.07. The Morgan fingerprint density at radius 2 is 1.78 bits per heavy atom. The highest BCUT2D eigenvalue weighted by Gasteiger charge is 2.11. The maximum Gasteiger partial charge on any atom is 0.000438 e. The van der Waals surface area contributed by atoms with Crippen molar-refractivity contribution in [2.75, 3.05) is 19.6 Å². The third-order valence-corrected chi connectivity index (χ3v) is 1.82. The molecule has 0 atom stereocenters. The zero-order valence-corrected chi connectivity index (χ0v) is 6.56. The molecule has 0 saturated carbocycles. The molecule has 0 aromatic carbocycles. The van der Waals surface area contributed by atoms with Gasteiger partial charge in [-0.1, -0.05) is 13.8 Å². The second kappa shape index (κ2) is 3.21. The lowest BCUT2D eigenvalue weighted by Crippen LogP contribution is -2.23. The summed E-state index contributed by atoms with van der Waals surface area (Å²) in [6.45, 7) is 8.58. The highest BCUT2D eigenvalue weighted by atomic mass is 15.1. The van der Waals surface area contributed by atoms with Gasteiger partial charge in [0.25, 0.3) is 0 Å². The zero-order chi connectivity index (χ0) is 6.69. The van der Waals surface area contributed by atoms with E-state index in [1.54, 1.807) is 0 Å². The molecule has 1 heteroatoms. The third kappa shape index (κ3) is 2.35. The van der Waals surface area contributed by atoms with E-state index in [0.717, 1.165) is 5.92 Å². The fourth-order valence-electron chi connectivity index (χ4n) is 1.48. The molecule has 1 aliphatic heterocycles. The van der Waals surface area contributed by atoms with Gasteiger partial charge in [-0.3, -0.25) is 0 Å². The molecule has 0 amide bonds. The van der Waals surface area contributed by atoms with E-state index in [9.17, 15) is 0 Å². The van der Waals surface area contributed by atoms with E-state index < -0.39 is 0 Å². The van der Waals surface area contributed by atoms with Crippen molar-refractivity contribution in [3.8, 4) is 0 Å². The molecular weight excluding hydrogens is 110 g/mol. The summed E-state index contributed by atoms with van der Waals surface area (Å²) in [6, 6.07) is 0. The van der Waals surface area contributed by atoms with Crippen molar-refractivity contribution in [2.45, 2.75) is 26.7 Å². The Kier molecular flexibility index (Phi) is 2.52. The third-order valence-electron chi connectivity index (χ3n) is 1.82. The zero-order valence-electron chi connectivity index (χ0n) is 6.56. The summed E-state index contributed by atoms with van der Waals surface area (Å²) in [5.74, 6) is 0.850. The van der Waals surface area contributed by atoms with E-state index in [0.29, 0.717) is 0 Å². The summed E-state index contributed by atoms with van der Waals surface area (Å²) in [4.78, 5) is 2.56. The Morgan fingerprint density at radius 3 is 2.22 bits per heavy atom. The van der Waals surface area contributed by atoms with Crippen molar-refractivity contribution in [1.29, 1.82) is 0 Å². The number of hydrogen-bond donors (Lipinski definition) is 0. The fraction of sp³-hybridized carbons (Fsp3) is 1.00. The van der Waals surface area contributed by atoms with E-state index in [4.69, 9.17) is 0 Å². The van der Waals surface area contributed by atoms with Crippen LogP contribution >= 0.6 is 0 Å². The smallest absolute Gasteiger partial charge is 0.000438 e. The van der Waals surface area contributed by atoms with Crippen LogP contribution in [0.3, 0.4) is 0 Å². The van der Waals surface area contributed by atoms with Crippen molar-refractivity contribution < 1.29 is 0 Å². The molecule has 1 fully saturated rings. The maximum atomic E-state index is 2.56. The van der Waals surface area contributed by atoms with Crippen molar-refractivity contribution in [2.24, 2.45) is 5.92 Å². The lowest BCUT2D eigenvalue weighted by atomic mass is 10.2. The molecule has 1 nitrogen and oxygen atoms in total. The predicted molar refractivity (Wildman–Crippen MR) is 40.5 cm³/mol. The van der Waals surface area contributed by atoms with Crippen LogP contribution in [0.4, 0.5) is 0 Å². The highest BCUT2D eigenvalue weighted by Crippen LogP contribution is 2.09. The topological polar surface area (TPSA) is 3.24 Å². The summed E-state index contributed by atoms with van der Waals surface area (Å²) in [6.07, 6.45) is 2.85. The summed E-state index contributed by atoms with van der Waals surface area (Å²) in [5, 5.41) is 0. The molecule has 9 heavy (non-hydrogen) atoms. The first-order valence-electron chi connectivity index (χ1n) is 4.01. The summed E-state index contributed by atoms with van der Waals surface area (Å²) >= 11 is 0. The Hall–Kier alpha value is -0.0400. The average molecular weight is 127 g/mol. The molecule has 0 spiro atoms. The number of hydrogen-bond acceptors (Lipinski definition) is 1. The van der Waals surface area contributed by atoms with Gasteiger partial charge in [-0.2, -0.15) is 0 Å². The predicted octanol–water partition coefficient (Wildman–Crippen LogP) is 1.74. The molecular formula is C8H17N. The molecule has 1 aliphatic rings. The van der Waals surface area contributed by atoms with Crippen LogP contribution in [0.5, 0.6) is 0 Å². The van der Waals surface area contributed by atoms with Crippen LogP contribution in [0, 0.1) is 5.92 Å². The van der Waals surface area contributed by atoms with Gasteiger partial charge in [-0.05, 0) is 31.8 Å². The standard InChI is InChI=1S/C8H17N/c1-8(2)7-9-5-3-4-6-9/h8H,3-7H2,1-2H3. The second-order valence-electron chi connectivity index (χ2n) is 3.40. The van der Waals surface area contributed by atoms with Gasteiger partial charge in [-0.15, -0.1) is 0 Å². The summed E-state index contributed by atoms with van der Waals surface area (Å²) in [5.41, 5.74) is 0. The minimum atomic E-state index is 0.850. The maximum absolute atomic E-state index is 2.56. The van der Waals surface area contributed by atoms with E-state index in [2.05, 4.69) is 18.7 Å². The van der Waals surface area contributed by atoms with Crippen LogP contribution in [-0.2, 0) is 0 Å². The van der Waals surface area contributed by atoms with Crippen LogP contribution in [0.15, 0.2) is 0 Å². The molecule has 1 heterocycles. The van der Waals surface area contributed by atoms with Gasteiger partial charge in [0.2, 0.25) is 0 Å². The molecule has 1 rings (SSSR count). The number of likely N-dealkylation sites (tertiary alicyclic amines) is 1. The van der Waals surface area contributed by atoms with Crippen LogP contribution in [0.2, 0.25) is 0 Å². The van der Waals surface area contributed by atoms with Crippen LogP contribution < -0.4 is 0 Å². The number of rotatable bonds is 2. The van der Waals surface area contributed by atoms with Crippen molar-refractivity contribution >= 4 is 0 Å². The summed E-state index contributed by atoms with van der Waals surface area (Å²) in [7, 11) is 0. The van der Waals surface area contributed by atoms with Gasteiger partial charge in [0.05, 0.1) is 0 Å². The van der Waals surface area contributed by atoms with Gasteiger partial charge in [0.1, 0.15) is 0 Å². The van der Waals surface area contributed by atoms with Crippen LogP contribution in [0.25, 0.3) is 0 Å². The van der Waals surface area contributed by atoms with Gasteiger partial charge < -0.3 is 4.90 Å². The molecule has 0 unspecified atom stereocenters. The van der Waals surface area contributed by atoms with Crippen molar-refractivity contribution in [3.63, 3.8) is 0 Å². The lowest BCUT2D eigenvalue weighted by Gasteiger charge is -2.16. The first-order chi connectivity index (χ1) is 4.29. The van der Waals surface area contributed by atoms with Gasteiger partial charge in [0.15, 0.2) is 0 Å². The van der Waals surface area contributed by atoms with Gasteiger partial charge in [-0.25, -0.2) is 0 Å². The molecule has 0 aromatic rings. The minimum absolute atomic E-state index is 0.850. The molecule has 0 aliphatic carbocycles. The normalized spacial score (nSPS) is 21.7. The SMILES string of the molecule is CC(C)CN1CCCC1. The monoisotopic (exact) mass is 127 g/mol. The molecule has 54 valence electrons. The van der Waals surface area contributed by atoms with E-state index in [1.807, 2.05) is 0 Å². The highest BCUT2D eigenvalue weighted by molar-refractivity contribution is 4.66. The van der Waals surface area contributed by atoms with Gasteiger partial charge in [0, 0.05) is 6.54 Å². The first-order valence-corrected chi connectivity index (χ1v) is 4.01. The lowest BCUT2D eigenvalue weighted by molar-refractivity contribution is 0.298. The largest absolute Gasteiger partial charge is 0.303 e. The Bertz CT molecular complexity index is 72.6. The van der Waals surface area contributed by atoms with Crippen molar-refractivity contribution in [3.05, 3.63) is 0 Å². The Labute approximate surface area is 58.0 Å². The number of nitrogens with zero attached hydrogens (tertiary/aromatic N) is 1. The Balaban J connectivity index is 2.11. The van der Waals surface area contributed by atoms with Gasteiger partial charge >= 0.3 is 0 Å². The molecule has 0 N–H and O–H groups in total. The quantitative estimate of drug-likeness (QED) is 0.546. The van der Waals surface area contributed by atoms with E-state index in [-0.39, 0.29) is 0 Å².